The van der Waals surface area contributed by atoms with E-state index in [4.69, 9.17) is 0 Å². The minimum absolute atomic E-state index is 0.0277. The van der Waals surface area contributed by atoms with Gasteiger partial charge in [0.1, 0.15) is 5.78 Å². The molecule has 3 rings (SSSR count). The van der Waals surface area contributed by atoms with E-state index in [1.54, 1.807) is 6.92 Å². The zero-order valence-electron chi connectivity index (χ0n) is 14.9. The first kappa shape index (κ1) is 17.4. The maximum Gasteiger partial charge on any atom is 0.228 e. The number of carbonyl (C=O) groups excluding carboxylic acids is 2. The molecule has 0 bridgehead atoms. The number of aryl methyl sites for hydroxylation is 2. The summed E-state index contributed by atoms with van der Waals surface area (Å²) in [7, 11) is 0. The first-order chi connectivity index (χ1) is 12.0. The van der Waals surface area contributed by atoms with E-state index in [1.165, 1.54) is 5.56 Å². The number of hydrogen-bond donors (Lipinski definition) is 1. The van der Waals surface area contributed by atoms with Crippen LogP contribution in [0, 0.1) is 6.92 Å². The van der Waals surface area contributed by atoms with Gasteiger partial charge in [-0.3, -0.25) is 9.59 Å². The summed E-state index contributed by atoms with van der Waals surface area (Å²) in [6, 6.07) is 16.0. The quantitative estimate of drug-likeness (QED) is 0.888. The lowest BCUT2D eigenvalue weighted by atomic mass is 9.82. The second-order valence-corrected chi connectivity index (χ2v) is 7.03. The molecule has 2 atom stereocenters. The van der Waals surface area contributed by atoms with Gasteiger partial charge in [-0.15, -0.1) is 0 Å². The van der Waals surface area contributed by atoms with E-state index in [2.05, 4.69) is 17.4 Å². The number of fused-ring (bicyclic) bond motifs is 1. The summed E-state index contributed by atoms with van der Waals surface area (Å²) >= 11 is 0. The Balaban J connectivity index is 1.83. The number of carbonyl (C=O) groups is 2. The lowest BCUT2D eigenvalue weighted by Gasteiger charge is -2.27. The van der Waals surface area contributed by atoms with Crippen LogP contribution in [0.5, 0.6) is 0 Å². The van der Waals surface area contributed by atoms with Crippen LogP contribution in [-0.2, 0) is 16.0 Å². The molecule has 0 aromatic heterocycles. The molecule has 1 aliphatic carbocycles. The number of rotatable bonds is 5. The zero-order chi connectivity index (χ0) is 17.8. The molecule has 130 valence electrons. The largest absolute Gasteiger partial charge is 0.348 e. The molecule has 0 aliphatic heterocycles. The Morgan fingerprint density at radius 1 is 1.16 bits per heavy atom. The van der Waals surface area contributed by atoms with Gasteiger partial charge >= 0.3 is 0 Å². The van der Waals surface area contributed by atoms with Crippen LogP contribution >= 0.6 is 0 Å². The van der Waals surface area contributed by atoms with E-state index >= 15 is 0 Å². The van der Waals surface area contributed by atoms with Gasteiger partial charge in [0.15, 0.2) is 0 Å². The van der Waals surface area contributed by atoms with E-state index in [-0.39, 0.29) is 23.7 Å². The summed E-state index contributed by atoms with van der Waals surface area (Å²) in [5.41, 5.74) is 4.53. The average Bonchev–Trinajstić information content (AvgIpc) is 2.60. The van der Waals surface area contributed by atoms with E-state index < -0.39 is 0 Å². The maximum absolute atomic E-state index is 13.0. The molecule has 0 saturated carbocycles. The number of amides is 1. The van der Waals surface area contributed by atoms with Gasteiger partial charge in [-0.1, -0.05) is 54.1 Å². The van der Waals surface area contributed by atoms with Gasteiger partial charge in [-0.2, -0.15) is 0 Å². The SMILES string of the molecule is CC(=O)CC(NC(=O)C1CCCc2ccccc21)c1cccc(C)c1. The van der Waals surface area contributed by atoms with Gasteiger partial charge in [-0.25, -0.2) is 0 Å². The Morgan fingerprint density at radius 3 is 2.72 bits per heavy atom. The molecule has 0 saturated heterocycles. The smallest absolute Gasteiger partial charge is 0.228 e. The molecule has 2 aromatic rings. The second-order valence-electron chi connectivity index (χ2n) is 7.03. The molecule has 1 amide bonds. The maximum atomic E-state index is 13.0. The van der Waals surface area contributed by atoms with Gasteiger partial charge < -0.3 is 5.32 Å². The van der Waals surface area contributed by atoms with Crippen LogP contribution in [0.25, 0.3) is 0 Å². The Kier molecular flexibility index (Phi) is 5.32. The van der Waals surface area contributed by atoms with Crippen molar-refractivity contribution in [1.29, 1.82) is 0 Å². The lowest BCUT2D eigenvalue weighted by Crippen LogP contribution is -2.35. The number of Topliss-reactive ketones (excluding diaryl/α,β-unsaturated/α-hetero) is 1. The minimum atomic E-state index is -0.265. The Labute approximate surface area is 149 Å². The van der Waals surface area contributed by atoms with Crippen LogP contribution in [0.2, 0.25) is 0 Å². The zero-order valence-corrected chi connectivity index (χ0v) is 14.9. The molecule has 25 heavy (non-hydrogen) atoms. The van der Waals surface area contributed by atoms with E-state index in [0.29, 0.717) is 6.42 Å². The van der Waals surface area contributed by atoms with Crippen molar-refractivity contribution in [1.82, 2.24) is 5.32 Å². The normalized spacial score (nSPS) is 17.4. The third kappa shape index (κ3) is 4.16. The highest BCUT2D eigenvalue weighted by Crippen LogP contribution is 2.32. The van der Waals surface area contributed by atoms with Crippen molar-refractivity contribution < 1.29 is 9.59 Å². The van der Waals surface area contributed by atoms with Gasteiger partial charge in [0.25, 0.3) is 0 Å². The highest BCUT2D eigenvalue weighted by atomic mass is 16.2. The van der Waals surface area contributed by atoms with Crippen LogP contribution in [0.15, 0.2) is 48.5 Å². The first-order valence-corrected chi connectivity index (χ1v) is 8.99. The van der Waals surface area contributed by atoms with Crippen molar-refractivity contribution in [3.63, 3.8) is 0 Å². The Morgan fingerprint density at radius 2 is 1.96 bits per heavy atom. The predicted octanol–water partition coefficient (Wildman–Crippen LogP) is 4.25. The molecule has 2 aromatic carbocycles. The van der Waals surface area contributed by atoms with Gasteiger partial charge in [0.2, 0.25) is 5.91 Å². The molecule has 0 spiro atoms. The van der Waals surface area contributed by atoms with Crippen LogP contribution in [0.1, 0.15) is 60.4 Å². The summed E-state index contributed by atoms with van der Waals surface area (Å²) in [4.78, 5) is 24.7. The number of ketones is 1. The van der Waals surface area contributed by atoms with E-state index in [9.17, 15) is 9.59 Å². The summed E-state index contributed by atoms with van der Waals surface area (Å²) in [5.74, 6) is -0.0139. The number of nitrogens with one attached hydrogen (secondary N) is 1. The topological polar surface area (TPSA) is 46.2 Å². The summed E-state index contributed by atoms with van der Waals surface area (Å²) in [6.45, 7) is 3.60. The van der Waals surface area contributed by atoms with Gasteiger partial charge in [0, 0.05) is 6.42 Å². The molecule has 1 N–H and O–H groups in total. The third-order valence-electron chi connectivity index (χ3n) is 4.94. The lowest BCUT2D eigenvalue weighted by molar-refractivity contribution is -0.124. The Bertz CT molecular complexity index is 781. The molecule has 0 heterocycles. The van der Waals surface area contributed by atoms with Gasteiger partial charge in [-0.05, 0) is 49.8 Å². The van der Waals surface area contributed by atoms with Crippen molar-refractivity contribution in [2.75, 3.05) is 0 Å². The molecule has 0 radical (unpaired) electrons. The number of benzene rings is 2. The predicted molar refractivity (Wildman–Crippen MR) is 99.5 cm³/mol. The van der Waals surface area contributed by atoms with Crippen LogP contribution in [0.4, 0.5) is 0 Å². The summed E-state index contributed by atoms with van der Waals surface area (Å²) in [6.07, 6.45) is 3.25. The molecular formula is C22H25NO2. The molecular weight excluding hydrogens is 310 g/mol. The fourth-order valence-corrected chi connectivity index (χ4v) is 3.73. The van der Waals surface area contributed by atoms with Crippen LogP contribution in [0.3, 0.4) is 0 Å². The minimum Gasteiger partial charge on any atom is -0.348 e. The Hall–Kier alpha value is -2.42. The standard InChI is InChI=1S/C22H25NO2/c1-15-7-5-10-18(13-15)21(14-16(2)24)23-22(25)20-12-6-9-17-8-3-4-11-19(17)20/h3-5,7-8,10-11,13,20-21H,6,9,12,14H2,1-2H3,(H,23,25). The molecule has 0 fully saturated rings. The number of hydrogen-bond acceptors (Lipinski definition) is 2. The summed E-state index contributed by atoms with van der Waals surface area (Å²) in [5, 5.41) is 3.14. The van der Waals surface area contributed by atoms with E-state index in [0.717, 1.165) is 36.0 Å². The van der Waals surface area contributed by atoms with Crippen molar-refractivity contribution in [3.8, 4) is 0 Å². The van der Waals surface area contributed by atoms with Crippen molar-refractivity contribution >= 4 is 11.7 Å². The van der Waals surface area contributed by atoms with Crippen molar-refractivity contribution in [2.45, 2.75) is 51.5 Å². The highest BCUT2D eigenvalue weighted by Gasteiger charge is 2.28. The molecule has 2 unspecified atom stereocenters. The third-order valence-corrected chi connectivity index (χ3v) is 4.94. The second kappa shape index (κ2) is 7.64. The fourth-order valence-electron chi connectivity index (χ4n) is 3.73. The van der Waals surface area contributed by atoms with Crippen LogP contribution < -0.4 is 5.32 Å². The summed E-state index contributed by atoms with van der Waals surface area (Å²) < 4.78 is 0. The average molecular weight is 335 g/mol. The molecule has 3 heteroatoms. The van der Waals surface area contributed by atoms with Crippen molar-refractivity contribution in [2.24, 2.45) is 0 Å². The van der Waals surface area contributed by atoms with E-state index in [1.807, 2.05) is 43.3 Å². The van der Waals surface area contributed by atoms with Crippen molar-refractivity contribution in [3.05, 3.63) is 70.8 Å². The fraction of sp³-hybridized carbons (Fsp3) is 0.364. The van der Waals surface area contributed by atoms with Gasteiger partial charge in [0.05, 0.1) is 12.0 Å². The molecule has 3 nitrogen and oxygen atoms in total. The monoisotopic (exact) mass is 335 g/mol. The molecule has 1 aliphatic rings. The van der Waals surface area contributed by atoms with Crippen LogP contribution in [-0.4, -0.2) is 11.7 Å². The highest BCUT2D eigenvalue weighted by molar-refractivity contribution is 5.85. The first-order valence-electron chi connectivity index (χ1n) is 8.99.